The first-order chi connectivity index (χ1) is 11.5. The molecule has 0 saturated heterocycles. The van der Waals surface area contributed by atoms with Crippen molar-refractivity contribution in [3.05, 3.63) is 29.3 Å². The first-order valence-corrected chi connectivity index (χ1v) is 9.14. The van der Waals surface area contributed by atoms with Crippen LogP contribution in [0.1, 0.15) is 56.1 Å². The summed E-state index contributed by atoms with van der Waals surface area (Å²) >= 11 is 0. The summed E-state index contributed by atoms with van der Waals surface area (Å²) in [5.41, 5.74) is 2.86. The molecule has 0 aliphatic heterocycles. The third kappa shape index (κ3) is 2.43. The Kier molecular flexibility index (Phi) is 3.83. The van der Waals surface area contributed by atoms with E-state index in [1.165, 1.54) is 17.5 Å². The van der Waals surface area contributed by atoms with Gasteiger partial charge in [-0.1, -0.05) is 13.0 Å². The molecule has 1 aromatic rings. The van der Waals surface area contributed by atoms with Gasteiger partial charge in [0.05, 0.1) is 6.10 Å². The largest absolute Gasteiger partial charge is 0.482 e. The van der Waals surface area contributed by atoms with Gasteiger partial charge < -0.3 is 14.9 Å². The van der Waals surface area contributed by atoms with E-state index in [2.05, 4.69) is 13.0 Å². The van der Waals surface area contributed by atoms with Crippen LogP contribution in [0.25, 0.3) is 0 Å². The van der Waals surface area contributed by atoms with Crippen molar-refractivity contribution >= 4 is 5.97 Å². The second-order valence-corrected chi connectivity index (χ2v) is 8.10. The highest BCUT2D eigenvalue weighted by atomic mass is 16.5. The molecule has 0 bridgehead atoms. The molecule has 0 radical (unpaired) electrons. The molecule has 0 amide bonds. The zero-order chi connectivity index (χ0) is 16.9. The van der Waals surface area contributed by atoms with E-state index in [1.54, 1.807) is 0 Å². The topological polar surface area (TPSA) is 66.8 Å². The molecule has 4 nitrogen and oxygen atoms in total. The fourth-order valence-corrected chi connectivity index (χ4v) is 5.77. The van der Waals surface area contributed by atoms with Crippen molar-refractivity contribution in [1.29, 1.82) is 0 Å². The zero-order valence-corrected chi connectivity index (χ0v) is 14.2. The number of aliphatic hydroxyl groups excluding tert-OH is 1. The molecule has 0 spiro atoms. The third-order valence-corrected chi connectivity index (χ3v) is 7.01. The van der Waals surface area contributed by atoms with Gasteiger partial charge in [-0.3, -0.25) is 0 Å². The number of aryl methyl sites for hydroxylation is 1. The van der Waals surface area contributed by atoms with Crippen LogP contribution in [-0.2, 0) is 11.2 Å². The Morgan fingerprint density at radius 2 is 2.12 bits per heavy atom. The quantitative estimate of drug-likeness (QED) is 0.892. The highest BCUT2D eigenvalue weighted by Crippen LogP contribution is 2.60. The molecular weight excluding hydrogens is 304 g/mol. The average molecular weight is 330 g/mol. The van der Waals surface area contributed by atoms with Crippen LogP contribution in [-0.4, -0.2) is 28.9 Å². The molecule has 3 aliphatic rings. The van der Waals surface area contributed by atoms with E-state index in [0.29, 0.717) is 23.5 Å². The normalized spacial score (nSPS) is 37.2. The second-order valence-electron chi connectivity index (χ2n) is 8.10. The van der Waals surface area contributed by atoms with E-state index in [-0.39, 0.29) is 18.1 Å². The summed E-state index contributed by atoms with van der Waals surface area (Å²) in [6, 6.07) is 6.10. The van der Waals surface area contributed by atoms with Gasteiger partial charge in [-0.15, -0.1) is 0 Å². The van der Waals surface area contributed by atoms with Crippen LogP contribution in [0.3, 0.4) is 0 Å². The minimum atomic E-state index is -0.945. The molecule has 0 aromatic heterocycles. The summed E-state index contributed by atoms with van der Waals surface area (Å²) in [5.74, 6) is 1.62. The van der Waals surface area contributed by atoms with Gasteiger partial charge in [0.25, 0.3) is 0 Å². The van der Waals surface area contributed by atoms with Gasteiger partial charge >= 0.3 is 5.97 Å². The van der Waals surface area contributed by atoms with Crippen LogP contribution < -0.4 is 4.74 Å². The maximum Gasteiger partial charge on any atom is 0.341 e. The van der Waals surface area contributed by atoms with Crippen LogP contribution in [0, 0.1) is 17.3 Å². The van der Waals surface area contributed by atoms with Gasteiger partial charge in [0, 0.05) is 0 Å². The number of benzene rings is 1. The summed E-state index contributed by atoms with van der Waals surface area (Å²) in [6.07, 6.45) is 6.45. The van der Waals surface area contributed by atoms with Crippen molar-refractivity contribution in [3.8, 4) is 5.75 Å². The third-order valence-electron chi connectivity index (χ3n) is 7.01. The number of hydrogen-bond donors (Lipinski definition) is 2. The lowest BCUT2D eigenvalue weighted by Crippen LogP contribution is -2.43. The number of rotatable bonds is 3. The van der Waals surface area contributed by atoms with Crippen molar-refractivity contribution in [2.75, 3.05) is 6.61 Å². The van der Waals surface area contributed by atoms with Crippen molar-refractivity contribution in [1.82, 2.24) is 0 Å². The number of aliphatic carboxylic acids is 1. The minimum absolute atomic E-state index is 0.114. The highest BCUT2D eigenvalue weighted by molar-refractivity contribution is 5.68. The van der Waals surface area contributed by atoms with Gasteiger partial charge in [0.2, 0.25) is 0 Å². The molecule has 2 saturated carbocycles. The molecule has 5 atom stereocenters. The lowest BCUT2D eigenvalue weighted by atomic mass is 9.55. The van der Waals surface area contributed by atoms with Crippen LogP contribution in [0.4, 0.5) is 0 Å². The SMILES string of the molecule is C[C@]12CCC3c4ccc(OCC(=O)O)cc4CCC3C1CC[C@@H]2O. The molecule has 3 aliphatic carbocycles. The van der Waals surface area contributed by atoms with Crippen molar-refractivity contribution in [2.24, 2.45) is 17.3 Å². The molecular formula is C20H26O4. The van der Waals surface area contributed by atoms with E-state index in [4.69, 9.17) is 9.84 Å². The predicted octanol–water partition coefficient (Wildman–Crippen LogP) is 3.37. The van der Waals surface area contributed by atoms with E-state index >= 15 is 0 Å². The number of fused-ring (bicyclic) bond motifs is 5. The summed E-state index contributed by atoms with van der Waals surface area (Å²) < 4.78 is 5.34. The molecule has 24 heavy (non-hydrogen) atoms. The Labute approximate surface area is 142 Å². The van der Waals surface area contributed by atoms with Gasteiger partial charge in [0.15, 0.2) is 6.61 Å². The standard InChI is InChI=1S/C20H26O4/c1-20-9-8-15-14-5-3-13(24-11-19(22)23)10-12(14)2-4-16(15)17(20)6-7-18(20)21/h3,5,10,15-18,21H,2,4,6-9,11H2,1H3,(H,22,23)/t15?,16?,17?,18-,20-/m0/s1. The van der Waals surface area contributed by atoms with E-state index < -0.39 is 5.97 Å². The number of carboxylic acids is 1. The Hall–Kier alpha value is -1.55. The van der Waals surface area contributed by atoms with E-state index in [0.717, 1.165) is 32.1 Å². The van der Waals surface area contributed by atoms with Crippen LogP contribution in [0.15, 0.2) is 18.2 Å². The number of hydrogen-bond acceptors (Lipinski definition) is 3. The van der Waals surface area contributed by atoms with Gasteiger partial charge in [-0.05, 0) is 85.0 Å². The fourth-order valence-electron chi connectivity index (χ4n) is 5.77. The molecule has 2 N–H and O–H groups in total. The number of carboxylic acid groups (broad SMARTS) is 1. The smallest absolute Gasteiger partial charge is 0.341 e. The highest BCUT2D eigenvalue weighted by Gasteiger charge is 2.54. The molecule has 3 unspecified atom stereocenters. The monoisotopic (exact) mass is 330 g/mol. The molecule has 4 rings (SSSR count). The van der Waals surface area contributed by atoms with Gasteiger partial charge in [-0.2, -0.15) is 0 Å². The van der Waals surface area contributed by atoms with Gasteiger partial charge in [-0.25, -0.2) is 4.79 Å². The summed E-state index contributed by atoms with van der Waals surface area (Å²) in [4.78, 5) is 10.7. The fraction of sp³-hybridized carbons (Fsp3) is 0.650. The molecule has 0 heterocycles. The summed E-state index contributed by atoms with van der Waals surface area (Å²) in [5, 5.41) is 19.2. The lowest BCUT2D eigenvalue weighted by molar-refractivity contribution is -0.139. The van der Waals surface area contributed by atoms with Gasteiger partial charge in [0.1, 0.15) is 5.75 Å². The second kappa shape index (κ2) is 5.76. The number of carbonyl (C=O) groups is 1. The van der Waals surface area contributed by atoms with Crippen LogP contribution in [0.5, 0.6) is 5.75 Å². The molecule has 130 valence electrons. The Morgan fingerprint density at radius 3 is 2.92 bits per heavy atom. The zero-order valence-electron chi connectivity index (χ0n) is 14.2. The molecule has 2 fully saturated rings. The van der Waals surface area contributed by atoms with Crippen molar-refractivity contribution < 1.29 is 19.7 Å². The van der Waals surface area contributed by atoms with Crippen LogP contribution in [0.2, 0.25) is 0 Å². The van der Waals surface area contributed by atoms with Crippen molar-refractivity contribution in [2.45, 2.75) is 57.5 Å². The van der Waals surface area contributed by atoms with Crippen LogP contribution >= 0.6 is 0 Å². The maximum absolute atomic E-state index is 10.7. The Bertz CT molecular complexity index is 655. The number of ether oxygens (including phenoxy) is 1. The van der Waals surface area contributed by atoms with E-state index in [9.17, 15) is 9.90 Å². The predicted molar refractivity (Wildman–Crippen MR) is 90.2 cm³/mol. The number of aliphatic hydroxyl groups is 1. The first-order valence-electron chi connectivity index (χ1n) is 9.14. The van der Waals surface area contributed by atoms with E-state index in [1.807, 2.05) is 12.1 Å². The minimum Gasteiger partial charge on any atom is -0.482 e. The van der Waals surface area contributed by atoms with Crippen molar-refractivity contribution in [3.63, 3.8) is 0 Å². The maximum atomic E-state index is 10.7. The first kappa shape index (κ1) is 15.9. The molecule has 1 aromatic carbocycles. The Balaban J connectivity index is 1.58. The Morgan fingerprint density at radius 1 is 1.29 bits per heavy atom. The summed E-state index contributed by atoms with van der Waals surface area (Å²) in [7, 11) is 0. The summed E-state index contributed by atoms with van der Waals surface area (Å²) in [6.45, 7) is 2.01. The molecule has 4 heteroatoms. The lowest BCUT2D eigenvalue weighted by Gasteiger charge is -2.50. The average Bonchev–Trinajstić information content (AvgIpc) is 2.88.